The zero-order valence-electron chi connectivity index (χ0n) is 49.6. The number of allylic oxidation sites excluding steroid dienone is 14. The van der Waals surface area contributed by atoms with Crippen molar-refractivity contribution in [1.29, 1.82) is 0 Å². The van der Waals surface area contributed by atoms with Gasteiger partial charge in [-0.1, -0.05) is 305 Å². The lowest BCUT2D eigenvalue weighted by Gasteiger charge is -2.18. The van der Waals surface area contributed by atoms with Crippen LogP contribution in [0.4, 0.5) is 0 Å². The van der Waals surface area contributed by atoms with Crippen molar-refractivity contribution in [3.8, 4) is 0 Å². The fourth-order valence-electron chi connectivity index (χ4n) is 9.13. The van der Waals surface area contributed by atoms with Gasteiger partial charge in [-0.25, -0.2) is 0 Å². The van der Waals surface area contributed by atoms with E-state index in [-0.39, 0.29) is 31.1 Å². The molecule has 0 heterocycles. The van der Waals surface area contributed by atoms with E-state index in [0.29, 0.717) is 19.3 Å². The molecule has 0 aliphatic heterocycles. The predicted octanol–water partition coefficient (Wildman–Crippen LogP) is 21.9. The van der Waals surface area contributed by atoms with Crippen molar-refractivity contribution in [2.45, 2.75) is 322 Å². The van der Waals surface area contributed by atoms with Crippen LogP contribution >= 0.6 is 0 Å². The van der Waals surface area contributed by atoms with E-state index in [2.05, 4.69) is 106 Å². The van der Waals surface area contributed by atoms with Gasteiger partial charge in [0.1, 0.15) is 13.2 Å². The topological polar surface area (TPSA) is 78.9 Å². The summed E-state index contributed by atoms with van der Waals surface area (Å²) in [5, 5.41) is 0. The molecule has 1 atom stereocenters. The molecule has 0 saturated heterocycles. The van der Waals surface area contributed by atoms with Crippen LogP contribution in [0.2, 0.25) is 0 Å². The Hall–Kier alpha value is -3.41. The summed E-state index contributed by atoms with van der Waals surface area (Å²) in [7, 11) is 0. The molecular weight excluding hydrogens is 925 g/mol. The second-order valence-corrected chi connectivity index (χ2v) is 21.3. The Balaban J connectivity index is 4.33. The first-order chi connectivity index (χ1) is 37.0. The molecule has 0 bridgehead atoms. The van der Waals surface area contributed by atoms with E-state index >= 15 is 0 Å². The van der Waals surface area contributed by atoms with Crippen LogP contribution in [0.5, 0.6) is 0 Å². The summed E-state index contributed by atoms with van der Waals surface area (Å²) < 4.78 is 16.9. The third-order valence-electron chi connectivity index (χ3n) is 13.9. The molecule has 0 aromatic rings. The van der Waals surface area contributed by atoms with Gasteiger partial charge in [-0.15, -0.1) is 0 Å². The van der Waals surface area contributed by atoms with Gasteiger partial charge in [0, 0.05) is 19.3 Å². The average molecular weight is 1050 g/mol. The lowest BCUT2D eigenvalue weighted by atomic mass is 10.0. The molecular formula is C69H120O6. The number of hydrogen-bond donors (Lipinski definition) is 0. The van der Waals surface area contributed by atoms with Crippen molar-refractivity contribution in [3.63, 3.8) is 0 Å². The van der Waals surface area contributed by atoms with Crippen molar-refractivity contribution in [2.75, 3.05) is 13.2 Å². The summed E-state index contributed by atoms with van der Waals surface area (Å²) in [5.74, 6) is -0.883. The molecule has 0 N–H and O–H groups in total. The van der Waals surface area contributed by atoms with E-state index in [1.807, 2.05) is 0 Å². The molecule has 1 unspecified atom stereocenters. The fourth-order valence-corrected chi connectivity index (χ4v) is 9.13. The monoisotopic (exact) mass is 1040 g/mol. The first kappa shape index (κ1) is 71.6. The maximum atomic E-state index is 12.9. The van der Waals surface area contributed by atoms with Crippen LogP contribution in [0.15, 0.2) is 85.1 Å². The fraction of sp³-hybridized carbons (Fsp3) is 0.754. The SMILES string of the molecule is CC/C=C\C/C=C\C/C=C\C/C=C\C/C=C\C/C=C\C/C=C\CCCCCCCC(=O)OCC(COC(=O)CCCCCCCCCCCCCC)OC(=O)CCCCCCCCCCCCCCCCCCCC. The summed E-state index contributed by atoms with van der Waals surface area (Å²) in [4.78, 5) is 38.3. The average Bonchev–Trinajstić information content (AvgIpc) is 3.41. The van der Waals surface area contributed by atoms with E-state index in [9.17, 15) is 14.4 Å². The predicted molar refractivity (Wildman–Crippen MR) is 325 cm³/mol. The minimum Gasteiger partial charge on any atom is -0.462 e. The van der Waals surface area contributed by atoms with Crippen molar-refractivity contribution < 1.29 is 28.6 Å². The zero-order chi connectivity index (χ0) is 54.3. The van der Waals surface area contributed by atoms with E-state index in [4.69, 9.17) is 14.2 Å². The molecule has 0 aliphatic rings. The summed E-state index contributed by atoms with van der Waals surface area (Å²) >= 11 is 0. The van der Waals surface area contributed by atoms with Gasteiger partial charge >= 0.3 is 17.9 Å². The summed E-state index contributed by atoms with van der Waals surface area (Å²) in [6.07, 6.45) is 83.0. The van der Waals surface area contributed by atoms with Crippen molar-refractivity contribution in [1.82, 2.24) is 0 Å². The van der Waals surface area contributed by atoms with Crippen LogP contribution in [-0.4, -0.2) is 37.2 Å². The number of esters is 3. The molecule has 0 aromatic heterocycles. The van der Waals surface area contributed by atoms with Crippen molar-refractivity contribution in [2.24, 2.45) is 0 Å². The van der Waals surface area contributed by atoms with Crippen LogP contribution < -0.4 is 0 Å². The van der Waals surface area contributed by atoms with Crippen LogP contribution in [0.3, 0.4) is 0 Å². The first-order valence-electron chi connectivity index (χ1n) is 32.1. The van der Waals surface area contributed by atoms with Gasteiger partial charge in [0.15, 0.2) is 6.10 Å². The zero-order valence-corrected chi connectivity index (χ0v) is 49.6. The lowest BCUT2D eigenvalue weighted by molar-refractivity contribution is -0.167. The maximum absolute atomic E-state index is 12.9. The van der Waals surface area contributed by atoms with Gasteiger partial charge in [-0.2, -0.15) is 0 Å². The molecule has 6 nitrogen and oxygen atoms in total. The molecule has 0 spiro atoms. The minimum atomic E-state index is -0.782. The van der Waals surface area contributed by atoms with Crippen molar-refractivity contribution in [3.05, 3.63) is 85.1 Å². The number of carbonyl (C=O) groups is 3. The number of ether oxygens (including phenoxy) is 3. The Labute approximate surface area is 465 Å². The molecule has 0 aliphatic carbocycles. The standard InChI is InChI=1S/C69H120O6/c1-4-7-10-13-16-19-22-25-27-29-31-32-33-34-35-36-37-38-39-41-42-44-47-50-53-56-59-62-68(71)74-65-66(64-73-67(70)61-58-55-52-49-46-24-21-18-15-12-9-6-3)75-69(72)63-60-57-54-51-48-45-43-40-30-28-26-23-20-17-14-11-8-5-2/h7,10,16,19,25,27,31-32,34-35,37-38,41-42,66H,4-6,8-9,11-15,17-18,20-24,26,28-30,33,36,39-40,43-65H2,1-3H3/b10-7-,19-16-,27-25-,32-31-,35-34-,38-37-,42-41-. The highest BCUT2D eigenvalue weighted by Crippen LogP contribution is 2.17. The molecule has 432 valence electrons. The number of carbonyl (C=O) groups excluding carboxylic acids is 3. The van der Waals surface area contributed by atoms with E-state index in [1.165, 1.54) is 154 Å². The summed E-state index contributed by atoms with van der Waals surface area (Å²) in [6.45, 7) is 6.54. The molecule has 0 amide bonds. The lowest BCUT2D eigenvalue weighted by Crippen LogP contribution is -2.30. The van der Waals surface area contributed by atoms with E-state index in [1.54, 1.807) is 0 Å². The van der Waals surface area contributed by atoms with Crippen molar-refractivity contribution >= 4 is 17.9 Å². The van der Waals surface area contributed by atoms with Gasteiger partial charge in [-0.05, 0) is 77.0 Å². The Kier molecular flexibility index (Phi) is 60.3. The first-order valence-corrected chi connectivity index (χ1v) is 32.1. The Morgan fingerprint density at radius 2 is 0.520 bits per heavy atom. The molecule has 0 saturated carbocycles. The van der Waals surface area contributed by atoms with E-state index < -0.39 is 6.10 Å². The smallest absolute Gasteiger partial charge is 0.306 e. The van der Waals surface area contributed by atoms with Crippen LogP contribution in [0.1, 0.15) is 316 Å². The summed E-state index contributed by atoms with van der Waals surface area (Å²) in [5.41, 5.74) is 0. The quantitative estimate of drug-likeness (QED) is 0.0261. The van der Waals surface area contributed by atoms with Crippen LogP contribution in [0.25, 0.3) is 0 Å². The Bertz CT molecular complexity index is 1430. The minimum absolute atomic E-state index is 0.0783. The molecule has 0 aromatic carbocycles. The largest absolute Gasteiger partial charge is 0.462 e. The highest BCUT2D eigenvalue weighted by atomic mass is 16.6. The maximum Gasteiger partial charge on any atom is 0.306 e. The number of hydrogen-bond acceptors (Lipinski definition) is 6. The molecule has 0 rings (SSSR count). The van der Waals surface area contributed by atoms with Gasteiger partial charge in [-0.3, -0.25) is 14.4 Å². The van der Waals surface area contributed by atoms with Crippen LogP contribution in [0, 0.1) is 0 Å². The third-order valence-corrected chi connectivity index (χ3v) is 13.9. The van der Waals surface area contributed by atoms with Gasteiger partial charge in [0.25, 0.3) is 0 Å². The molecule has 75 heavy (non-hydrogen) atoms. The number of unbranched alkanes of at least 4 members (excludes halogenated alkanes) is 33. The van der Waals surface area contributed by atoms with Gasteiger partial charge in [0.2, 0.25) is 0 Å². The number of rotatable bonds is 58. The van der Waals surface area contributed by atoms with E-state index in [0.717, 1.165) is 122 Å². The second kappa shape index (κ2) is 63.1. The third kappa shape index (κ3) is 61.3. The Morgan fingerprint density at radius 1 is 0.280 bits per heavy atom. The normalized spacial score (nSPS) is 12.6. The molecule has 0 fully saturated rings. The highest BCUT2D eigenvalue weighted by Gasteiger charge is 2.19. The molecule has 6 heteroatoms. The van der Waals surface area contributed by atoms with Gasteiger partial charge < -0.3 is 14.2 Å². The Morgan fingerprint density at radius 3 is 0.813 bits per heavy atom. The second-order valence-electron chi connectivity index (χ2n) is 21.3. The molecule has 0 radical (unpaired) electrons. The van der Waals surface area contributed by atoms with Gasteiger partial charge in [0.05, 0.1) is 0 Å². The summed E-state index contributed by atoms with van der Waals surface area (Å²) in [6, 6.07) is 0. The highest BCUT2D eigenvalue weighted by molar-refractivity contribution is 5.71. The van der Waals surface area contributed by atoms with Crippen LogP contribution in [-0.2, 0) is 28.6 Å².